The molecule has 0 radical (unpaired) electrons. The molecule has 0 bridgehead atoms. The van der Waals surface area contributed by atoms with Crippen LogP contribution in [0.25, 0.3) is 0 Å². The van der Waals surface area contributed by atoms with Crippen LogP contribution in [-0.4, -0.2) is 23.5 Å². The van der Waals surface area contributed by atoms with Crippen molar-refractivity contribution < 1.29 is 4.79 Å². The van der Waals surface area contributed by atoms with E-state index < -0.39 is 0 Å². The number of nitrogens with one attached hydrogen (secondary N) is 2. The van der Waals surface area contributed by atoms with E-state index in [-0.39, 0.29) is 5.91 Å². The molecule has 4 nitrogen and oxygen atoms in total. The van der Waals surface area contributed by atoms with Crippen LogP contribution < -0.4 is 10.6 Å². The summed E-state index contributed by atoms with van der Waals surface area (Å²) in [5, 5.41) is 6.23. The molecule has 1 unspecified atom stereocenters. The van der Waals surface area contributed by atoms with Crippen molar-refractivity contribution in [2.75, 3.05) is 6.54 Å². The second-order valence-electron chi connectivity index (χ2n) is 4.54. The fourth-order valence-corrected chi connectivity index (χ4v) is 2.11. The summed E-state index contributed by atoms with van der Waals surface area (Å²) in [6.45, 7) is 3.51. The summed E-state index contributed by atoms with van der Waals surface area (Å²) in [6, 6.07) is 6.21. The third-order valence-corrected chi connectivity index (χ3v) is 3.01. The Bertz CT molecular complexity index is 386. The first kappa shape index (κ1) is 12.0. The highest BCUT2D eigenvalue weighted by Crippen LogP contribution is 2.08. The minimum atomic E-state index is 0.104. The van der Waals surface area contributed by atoms with Crippen molar-refractivity contribution in [3.05, 3.63) is 29.6 Å². The second-order valence-corrected chi connectivity index (χ2v) is 4.54. The Kier molecular flexibility index (Phi) is 4.09. The lowest BCUT2D eigenvalue weighted by Crippen LogP contribution is -2.31. The van der Waals surface area contributed by atoms with E-state index in [1.165, 1.54) is 6.42 Å². The van der Waals surface area contributed by atoms with Gasteiger partial charge in [-0.1, -0.05) is 6.07 Å². The molecular formula is C13H19N3O. The number of pyridine rings is 1. The zero-order chi connectivity index (χ0) is 12.1. The predicted octanol–water partition coefficient (Wildman–Crippen LogP) is 1.15. The van der Waals surface area contributed by atoms with Crippen molar-refractivity contribution in [3.63, 3.8) is 0 Å². The van der Waals surface area contributed by atoms with Crippen molar-refractivity contribution in [2.24, 2.45) is 0 Å². The van der Waals surface area contributed by atoms with E-state index in [1.807, 2.05) is 25.1 Å². The molecule has 0 aromatic carbocycles. The summed E-state index contributed by atoms with van der Waals surface area (Å²) in [7, 11) is 0. The van der Waals surface area contributed by atoms with Crippen molar-refractivity contribution in [1.29, 1.82) is 0 Å². The molecule has 4 heteroatoms. The number of nitrogens with zero attached hydrogens (tertiary/aromatic N) is 1. The lowest BCUT2D eigenvalue weighted by atomic mass is 10.1. The van der Waals surface area contributed by atoms with Gasteiger partial charge >= 0.3 is 0 Å². The van der Waals surface area contributed by atoms with Crippen LogP contribution in [0.1, 0.15) is 30.7 Å². The molecular weight excluding hydrogens is 214 g/mol. The third kappa shape index (κ3) is 3.82. The normalized spacial score (nSPS) is 19.2. The van der Waals surface area contributed by atoms with Crippen molar-refractivity contribution in [3.8, 4) is 0 Å². The Labute approximate surface area is 102 Å². The molecule has 92 valence electrons. The van der Waals surface area contributed by atoms with E-state index in [2.05, 4.69) is 15.6 Å². The van der Waals surface area contributed by atoms with Crippen molar-refractivity contribution >= 4 is 5.91 Å². The van der Waals surface area contributed by atoms with Gasteiger partial charge in [-0.3, -0.25) is 9.78 Å². The lowest BCUT2D eigenvalue weighted by molar-refractivity contribution is -0.121. The van der Waals surface area contributed by atoms with Crippen molar-refractivity contribution in [2.45, 2.75) is 38.8 Å². The number of aryl methyl sites for hydroxylation is 1. The van der Waals surface area contributed by atoms with Crippen LogP contribution >= 0.6 is 0 Å². The first-order valence-electron chi connectivity index (χ1n) is 6.16. The Morgan fingerprint density at radius 2 is 2.47 bits per heavy atom. The largest absolute Gasteiger partial charge is 0.350 e. The maximum absolute atomic E-state index is 11.7. The standard InChI is InChI=1S/C13H19N3O/c1-10-4-2-5-12(16-10)9-15-13(17)8-11-6-3-7-14-11/h2,4-5,11,14H,3,6-9H2,1H3,(H,15,17). The van der Waals surface area contributed by atoms with E-state index in [0.717, 1.165) is 24.4 Å². The molecule has 1 aromatic rings. The van der Waals surface area contributed by atoms with Crippen LogP contribution in [0.5, 0.6) is 0 Å². The zero-order valence-electron chi connectivity index (χ0n) is 10.2. The fourth-order valence-electron chi connectivity index (χ4n) is 2.11. The monoisotopic (exact) mass is 233 g/mol. The SMILES string of the molecule is Cc1cccc(CNC(=O)CC2CCCN2)n1. The van der Waals surface area contributed by atoms with Crippen molar-refractivity contribution in [1.82, 2.24) is 15.6 Å². The molecule has 1 atom stereocenters. The topological polar surface area (TPSA) is 54.0 Å². The molecule has 1 saturated heterocycles. The molecule has 1 aliphatic rings. The number of hydrogen-bond acceptors (Lipinski definition) is 3. The Hall–Kier alpha value is -1.42. The molecule has 1 aliphatic heterocycles. The predicted molar refractivity (Wildman–Crippen MR) is 66.5 cm³/mol. The summed E-state index contributed by atoms with van der Waals surface area (Å²) in [6.07, 6.45) is 2.86. The highest BCUT2D eigenvalue weighted by Gasteiger charge is 2.17. The Balaban J connectivity index is 1.75. The molecule has 2 rings (SSSR count). The smallest absolute Gasteiger partial charge is 0.221 e. The molecule has 1 fully saturated rings. The number of carbonyl (C=O) groups excluding carboxylic acids is 1. The van der Waals surface area contributed by atoms with Gasteiger partial charge in [0.1, 0.15) is 0 Å². The number of aromatic nitrogens is 1. The van der Waals surface area contributed by atoms with Crippen LogP contribution in [0.2, 0.25) is 0 Å². The van der Waals surface area contributed by atoms with Gasteiger partial charge in [-0.15, -0.1) is 0 Å². The van der Waals surface area contributed by atoms with Gasteiger partial charge in [0.15, 0.2) is 0 Å². The number of amides is 1. The summed E-state index contributed by atoms with van der Waals surface area (Å²) in [5.41, 5.74) is 1.90. The van der Waals surface area contributed by atoms with Crippen LogP contribution in [0, 0.1) is 6.92 Å². The highest BCUT2D eigenvalue weighted by molar-refractivity contribution is 5.76. The van der Waals surface area contributed by atoms with E-state index in [9.17, 15) is 4.79 Å². The average molecular weight is 233 g/mol. The average Bonchev–Trinajstić information content (AvgIpc) is 2.79. The number of rotatable bonds is 4. The lowest BCUT2D eigenvalue weighted by Gasteiger charge is -2.10. The third-order valence-electron chi connectivity index (χ3n) is 3.01. The van der Waals surface area contributed by atoms with Crippen LogP contribution in [-0.2, 0) is 11.3 Å². The molecule has 0 saturated carbocycles. The van der Waals surface area contributed by atoms with Gasteiger partial charge in [0.05, 0.1) is 12.2 Å². The Morgan fingerprint density at radius 3 is 3.18 bits per heavy atom. The first-order chi connectivity index (χ1) is 8.24. The maximum Gasteiger partial charge on any atom is 0.221 e. The molecule has 17 heavy (non-hydrogen) atoms. The van der Waals surface area contributed by atoms with Crippen LogP contribution in [0.15, 0.2) is 18.2 Å². The van der Waals surface area contributed by atoms with E-state index in [0.29, 0.717) is 19.0 Å². The van der Waals surface area contributed by atoms with Gasteiger partial charge in [0.25, 0.3) is 0 Å². The summed E-state index contributed by atoms with van der Waals surface area (Å²) < 4.78 is 0. The zero-order valence-corrected chi connectivity index (χ0v) is 10.2. The minimum absolute atomic E-state index is 0.104. The molecule has 0 spiro atoms. The van der Waals surface area contributed by atoms with Gasteiger partial charge in [0, 0.05) is 18.2 Å². The first-order valence-corrected chi connectivity index (χ1v) is 6.16. The molecule has 1 amide bonds. The van der Waals surface area contributed by atoms with E-state index >= 15 is 0 Å². The minimum Gasteiger partial charge on any atom is -0.350 e. The quantitative estimate of drug-likeness (QED) is 0.820. The van der Waals surface area contributed by atoms with Gasteiger partial charge in [-0.25, -0.2) is 0 Å². The maximum atomic E-state index is 11.7. The van der Waals surface area contributed by atoms with E-state index in [1.54, 1.807) is 0 Å². The van der Waals surface area contributed by atoms with Gasteiger partial charge in [-0.2, -0.15) is 0 Å². The molecule has 0 aliphatic carbocycles. The van der Waals surface area contributed by atoms with Crippen LogP contribution in [0.3, 0.4) is 0 Å². The van der Waals surface area contributed by atoms with Gasteiger partial charge < -0.3 is 10.6 Å². The highest BCUT2D eigenvalue weighted by atomic mass is 16.1. The molecule has 1 aromatic heterocycles. The van der Waals surface area contributed by atoms with Gasteiger partial charge in [0.2, 0.25) is 5.91 Å². The second kappa shape index (κ2) is 5.77. The summed E-state index contributed by atoms with van der Waals surface area (Å²) in [5.74, 6) is 0.104. The summed E-state index contributed by atoms with van der Waals surface area (Å²) in [4.78, 5) is 16.0. The molecule has 2 N–H and O–H groups in total. The van der Waals surface area contributed by atoms with E-state index in [4.69, 9.17) is 0 Å². The Morgan fingerprint density at radius 1 is 1.59 bits per heavy atom. The van der Waals surface area contributed by atoms with Crippen LogP contribution in [0.4, 0.5) is 0 Å². The summed E-state index contributed by atoms with van der Waals surface area (Å²) >= 11 is 0. The number of carbonyl (C=O) groups is 1. The van der Waals surface area contributed by atoms with Gasteiger partial charge in [-0.05, 0) is 38.4 Å². The number of hydrogen-bond donors (Lipinski definition) is 2. The molecule has 2 heterocycles. The fraction of sp³-hybridized carbons (Fsp3) is 0.538.